The maximum Gasteiger partial charge on any atom is 0.319 e. The van der Waals surface area contributed by atoms with E-state index in [2.05, 4.69) is 4.98 Å². The Hall–Kier alpha value is -1.75. The fourth-order valence-electron chi connectivity index (χ4n) is 1.80. The molecule has 0 fully saturated rings. The van der Waals surface area contributed by atoms with E-state index in [1.807, 2.05) is 30.1 Å². The normalized spacial score (nSPS) is 11.5. The predicted octanol–water partition coefficient (Wildman–Crippen LogP) is 1.71. The molecule has 0 aliphatic carbocycles. The van der Waals surface area contributed by atoms with Crippen molar-refractivity contribution in [2.75, 3.05) is 26.7 Å². The quantitative estimate of drug-likeness (QED) is 0.539. The molecule has 0 saturated heterocycles. The van der Waals surface area contributed by atoms with E-state index >= 15 is 0 Å². The molecule has 21 heavy (non-hydrogen) atoms. The van der Waals surface area contributed by atoms with Gasteiger partial charge in [0, 0.05) is 24.9 Å². The van der Waals surface area contributed by atoms with E-state index in [1.54, 1.807) is 27.0 Å². The standard InChI is InChI=1S/C16H24N2O3/c1-5-21-15(20)16(2,3)14(19)12-18(4)11-9-13-8-6-7-10-17-13/h6-8,10H,5,9,11-12H2,1-4H3. The molecule has 0 radical (unpaired) electrons. The molecule has 5 heteroatoms. The molecule has 1 aromatic heterocycles. The number of carbonyl (C=O) groups is 2. The van der Waals surface area contributed by atoms with E-state index in [-0.39, 0.29) is 18.9 Å². The van der Waals surface area contributed by atoms with Gasteiger partial charge in [-0.25, -0.2) is 0 Å². The van der Waals surface area contributed by atoms with Crippen LogP contribution in [0, 0.1) is 5.41 Å². The van der Waals surface area contributed by atoms with Gasteiger partial charge in [0.2, 0.25) is 0 Å². The average Bonchev–Trinajstić information content (AvgIpc) is 2.46. The Morgan fingerprint density at radius 1 is 1.33 bits per heavy atom. The van der Waals surface area contributed by atoms with Crippen molar-refractivity contribution in [1.29, 1.82) is 0 Å². The highest BCUT2D eigenvalue weighted by Crippen LogP contribution is 2.19. The summed E-state index contributed by atoms with van der Waals surface area (Å²) in [4.78, 5) is 30.2. The van der Waals surface area contributed by atoms with Gasteiger partial charge in [-0.05, 0) is 40.0 Å². The summed E-state index contributed by atoms with van der Waals surface area (Å²) in [6.45, 7) is 6.17. The van der Waals surface area contributed by atoms with Crippen molar-refractivity contribution in [2.24, 2.45) is 5.41 Å². The lowest BCUT2D eigenvalue weighted by Gasteiger charge is -2.24. The molecule has 0 bridgehead atoms. The van der Waals surface area contributed by atoms with E-state index in [0.717, 1.165) is 12.1 Å². The Kier molecular flexibility index (Phi) is 6.49. The Morgan fingerprint density at radius 2 is 2.05 bits per heavy atom. The number of aromatic nitrogens is 1. The lowest BCUT2D eigenvalue weighted by molar-refractivity contribution is -0.158. The molecule has 0 unspecified atom stereocenters. The van der Waals surface area contributed by atoms with Crippen LogP contribution in [-0.2, 0) is 20.7 Å². The fraction of sp³-hybridized carbons (Fsp3) is 0.562. The molecular weight excluding hydrogens is 268 g/mol. The summed E-state index contributed by atoms with van der Waals surface area (Å²) in [5.74, 6) is -0.599. The minimum absolute atomic E-state index is 0.135. The van der Waals surface area contributed by atoms with E-state index in [0.29, 0.717) is 6.54 Å². The first kappa shape index (κ1) is 17.3. The number of hydrogen-bond acceptors (Lipinski definition) is 5. The monoisotopic (exact) mass is 292 g/mol. The lowest BCUT2D eigenvalue weighted by Crippen LogP contribution is -2.41. The zero-order chi connectivity index (χ0) is 15.9. The highest BCUT2D eigenvalue weighted by Gasteiger charge is 2.37. The van der Waals surface area contributed by atoms with Crippen molar-refractivity contribution in [3.63, 3.8) is 0 Å². The van der Waals surface area contributed by atoms with Crippen LogP contribution in [0.2, 0.25) is 0 Å². The van der Waals surface area contributed by atoms with Crippen LogP contribution >= 0.6 is 0 Å². The number of nitrogens with zero attached hydrogens (tertiary/aromatic N) is 2. The van der Waals surface area contributed by atoms with Crippen LogP contribution in [-0.4, -0.2) is 48.4 Å². The zero-order valence-electron chi connectivity index (χ0n) is 13.3. The van der Waals surface area contributed by atoms with E-state index in [9.17, 15) is 9.59 Å². The Balaban J connectivity index is 2.48. The minimum Gasteiger partial charge on any atom is -0.465 e. The third-order valence-electron chi connectivity index (χ3n) is 3.37. The van der Waals surface area contributed by atoms with Gasteiger partial charge in [-0.1, -0.05) is 6.07 Å². The summed E-state index contributed by atoms with van der Waals surface area (Å²) >= 11 is 0. The summed E-state index contributed by atoms with van der Waals surface area (Å²) < 4.78 is 4.95. The second-order valence-corrected chi connectivity index (χ2v) is 5.58. The molecule has 1 heterocycles. The van der Waals surface area contributed by atoms with Gasteiger partial charge in [0.25, 0.3) is 0 Å². The van der Waals surface area contributed by atoms with Gasteiger partial charge in [0.05, 0.1) is 13.2 Å². The van der Waals surface area contributed by atoms with Crippen LogP contribution in [0.4, 0.5) is 0 Å². The molecule has 116 valence electrons. The largest absolute Gasteiger partial charge is 0.465 e. The number of pyridine rings is 1. The summed E-state index contributed by atoms with van der Waals surface area (Å²) in [5.41, 5.74) is -0.114. The number of carbonyl (C=O) groups excluding carboxylic acids is 2. The van der Waals surface area contributed by atoms with Gasteiger partial charge in [0.1, 0.15) is 5.41 Å². The second kappa shape index (κ2) is 7.88. The highest BCUT2D eigenvalue weighted by atomic mass is 16.5. The smallest absolute Gasteiger partial charge is 0.319 e. The van der Waals surface area contributed by atoms with Crippen molar-refractivity contribution in [1.82, 2.24) is 9.88 Å². The SMILES string of the molecule is CCOC(=O)C(C)(C)C(=O)CN(C)CCc1ccccn1. The van der Waals surface area contributed by atoms with E-state index in [1.165, 1.54) is 0 Å². The summed E-state index contributed by atoms with van der Waals surface area (Å²) in [6, 6.07) is 5.77. The highest BCUT2D eigenvalue weighted by molar-refractivity contribution is 6.03. The molecule has 0 saturated carbocycles. The van der Waals surface area contributed by atoms with Crippen molar-refractivity contribution >= 4 is 11.8 Å². The van der Waals surface area contributed by atoms with Crippen molar-refractivity contribution in [3.8, 4) is 0 Å². The van der Waals surface area contributed by atoms with Gasteiger partial charge in [0.15, 0.2) is 5.78 Å². The molecule has 5 nitrogen and oxygen atoms in total. The molecule has 0 aromatic carbocycles. The van der Waals surface area contributed by atoms with E-state index < -0.39 is 11.4 Å². The lowest BCUT2D eigenvalue weighted by atomic mass is 9.88. The first-order chi connectivity index (χ1) is 9.87. The maximum absolute atomic E-state index is 12.2. The number of rotatable bonds is 8. The van der Waals surface area contributed by atoms with Gasteiger partial charge in [-0.3, -0.25) is 19.5 Å². The van der Waals surface area contributed by atoms with Gasteiger partial charge in [-0.2, -0.15) is 0 Å². The first-order valence-corrected chi connectivity index (χ1v) is 7.17. The Bertz CT molecular complexity index is 472. The minimum atomic E-state index is -1.10. The van der Waals surface area contributed by atoms with Gasteiger partial charge >= 0.3 is 5.97 Å². The molecule has 0 spiro atoms. The van der Waals surface area contributed by atoms with Crippen LogP contribution in [0.1, 0.15) is 26.5 Å². The number of Topliss-reactive ketones (excluding diaryl/α,β-unsaturated/α-hetero) is 1. The Labute approximate surface area is 126 Å². The number of esters is 1. The maximum atomic E-state index is 12.2. The second-order valence-electron chi connectivity index (χ2n) is 5.58. The van der Waals surface area contributed by atoms with E-state index in [4.69, 9.17) is 4.74 Å². The zero-order valence-corrected chi connectivity index (χ0v) is 13.3. The van der Waals surface area contributed by atoms with Crippen molar-refractivity contribution in [3.05, 3.63) is 30.1 Å². The van der Waals surface area contributed by atoms with Crippen LogP contribution in [0.3, 0.4) is 0 Å². The first-order valence-electron chi connectivity index (χ1n) is 7.17. The van der Waals surface area contributed by atoms with Crippen molar-refractivity contribution < 1.29 is 14.3 Å². The summed E-state index contributed by atoms with van der Waals surface area (Å²) in [7, 11) is 1.86. The molecule has 0 amide bonds. The van der Waals surface area contributed by atoms with Gasteiger partial charge < -0.3 is 4.74 Å². The third kappa shape index (κ3) is 5.27. The molecular formula is C16H24N2O3. The topological polar surface area (TPSA) is 59.5 Å². The van der Waals surface area contributed by atoms with Gasteiger partial charge in [-0.15, -0.1) is 0 Å². The molecule has 1 aromatic rings. The summed E-state index contributed by atoms with van der Waals surface area (Å²) in [6.07, 6.45) is 2.52. The number of ketones is 1. The number of hydrogen-bond donors (Lipinski definition) is 0. The molecule has 1 rings (SSSR count). The molecule has 0 aliphatic rings. The number of likely N-dealkylation sites (N-methyl/N-ethyl adjacent to an activating group) is 1. The van der Waals surface area contributed by atoms with Crippen LogP contribution < -0.4 is 0 Å². The summed E-state index contributed by atoms with van der Waals surface area (Å²) in [5, 5.41) is 0. The van der Waals surface area contributed by atoms with Crippen LogP contribution in [0.15, 0.2) is 24.4 Å². The third-order valence-corrected chi connectivity index (χ3v) is 3.37. The molecule has 0 aliphatic heterocycles. The average molecular weight is 292 g/mol. The number of ether oxygens (including phenoxy) is 1. The molecule has 0 N–H and O–H groups in total. The fourth-order valence-corrected chi connectivity index (χ4v) is 1.80. The van der Waals surface area contributed by atoms with Crippen molar-refractivity contribution in [2.45, 2.75) is 27.2 Å². The molecule has 0 atom stereocenters. The Morgan fingerprint density at radius 3 is 2.62 bits per heavy atom. The van der Waals surface area contributed by atoms with Crippen LogP contribution in [0.5, 0.6) is 0 Å². The van der Waals surface area contributed by atoms with Crippen LogP contribution in [0.25, 0.3) is 0 Å². The predicted molar refractivity (Wildman–Crippen MR) is 80.9 cm³/mol.